The first-order valence-electron chi connectivity index (χ1n) is 8.44. The van der Waals surface area contributed by atoms with Crippen LogP contribution < -0.4 is 10.6 Å². The van der Waals surface area contributed by atoms with Crippen molar-refractivity contribution in [3.8, 4) is 0 Å². The van der Waals surface area contributed by atoms with Crippen molar-refractivity contribution in [2.24, 2.45) is 4.99 Å². The molecule has 2 rings (SSSR count). The lowest BCUT2D eigenvalue weighted by atomic mass is 10.1. The normalized spacial score (nSPS) is 16.2. The fourth-order valence-corrected chi connectivity index (χ4v) is 3.12. The van der Waals surface area contributed by atoms with Crippen LogP contribution in [-0.4, -0.2) is 63.3 Å². The van der Waals surface area contributed by atoms with Gasteiger partial charge in [-0.05, 0) is 37.1 Å². The molecule has 0 aliphatic carbocycles. The number of aliphatic imine (C=N–C) groups is 1. The summed E-state index contributed by atoms with van der Waals surface area (Å²) in [6.45, 7) is 9.06. The van der Waals surface area contributed by atoms with Crippen LogP contribution in [0.5, 0.6) is 0 Å². The third-order valence-corrected chi connectivity index (χ3v) is 4.20. The van der Waals surface area contributed by atoms with Crippen LogP contribution in [0.3, 0.4) is 0 Å². The number of nitrogens with one attached hydrogen (secondary N) is 2. The van der Waals surface area contributed by atoms with Crippen molar-refractivity contribution in [2.45, 2.75) is 13.3 Å². The quantitative estimate of drug-likeness (QED) is 0.569. The first-order valence-corrected chi connectivity index (χ1v) is 9.20. The Hall–Kier alpha value is -1.01. The number of ether oxygens (including phenoxy) is 1. The Bertz CT molecular complexity index is 513. The van der Waals surface area contributed by atoms with Gasteiger partial charge in [0.05, 0.1) is 19.8 Å². The molecule has 1 heterocycles. The fourth-order valence-electron chi connectivity index (χ4n) is 2.55. The van der Waals surface area contributed by atoms with Gasteiger partial charge in [-0.2, -0.15) is 0 Å². The van der Waals surface area contributed by atoms with Crippen molar-refractivity contribution in [1.29, 1.82) is 0 Å². The maximum atomic E-state index is 6.03. The summed E-state index contributed by atoms with van der Waals surface area (Å²) in [6.07, 6.45) is 0.841. The minimum absolute atomic E-state index is 0.670. The smallest absolute Gasteiger partial charge is 0.191 e. The summed E-state index contributed by atoms with van der Waals surface area (Å²) in [7, 11) is 0. The van der Waals surface area contributed by atoms with Gasteiger partial charge in [-0.3, -0.25) is 9.89 Å². The average molecular weight is 373 g/mol. The van der Waals surface area contributed by atoms with E-state index in [0.29, 0.717) is 10.0 Å². The van der Waals surface area contributed by atoms with Gasteiger partial charge in [0.1, 0.15) is 0 Å². The molecule has 0 radical (unpaired) electrons. The Morgan fingerprint density at radius 3 is 2.54 bits per heavy atom. The number of hydrogen-bond acceptors (Lipinski definition) is 3. The molecule has 7 heteroatoms. The monoisotopic (exact) mass is 372 g/mol. The molecule has 0 bridgehead atoms. The van der Waals surface area contributed by atoms with Gasteiger partial charge < -0.3 is 15.4 Å². The van der Waals surface area contributed by atoms with Crippen molar-refractivity contribution in [2.75, 3.05) is 52.5 Å². The van der Waals surface area contributed by atoms with Gasteiger partial charge in [0.2, 0.25) is 0 Å². The number of hydrogen-bond donors (Lipinski definition) is 2. The minimum Gasteiger partial charge on any atom is -0.379 e. The van der Waals surface area contributed by atoms with Crippen molar-refractivity contribution < 1.29 is 4.74 Å². The molecule has 5 nitrogen and oxygen atoms in total. The fraction of sp³-hybridized carbons (Fsp3) is 0.588. The van der Waals surface area contributed by atoms with Gasteiger partial charge in [-0.1, -0.05) is 23.2 Å². The number of nitrogens with zero attached hydrogens (tertiary/aromatic N) is 2. The second kappa shape index (κ2) is 10.8. The van der Waals surface area contributed by atoms with Crippen LogP contribution in [0.25, 0.3) is 0 Å². The summed E-state index contributed by atoms with van der Waals surface area (Å²) >= 11 is 12.1. The highest BCUT2D eigenvalue weighted by atomic mass is 35.5. The molecule has 1 aromatic rings. The molecule has 24 heavy (non-hydrogen) atoms. The Labute approximate surface area is 154 Å². The first-order chi connectivity index (χ1) is 11.7. The molecule has 1 aliphatic rings. The van der Waals surface area contributed by atoms with E-state index in [9.17, 15) is 0 Å². The van der Waals surface area contributed by atoms with E-state index in [1.807, 2.05) is 12.1 Å². The molecule has 1 saturated heterocycles. The third kappa shape index (κ3) is 7.26. The van der Waals surface area contributed by atoms with E-state index in [1.54, 1.807) is 6.07 Å². The zero-order valence-electron chi connectivity index (χ0n) is 14.2. The lowest BCUT2D eigenvalue weighted by molar-refractivity contribution is 0.0394. The SMILES string of the molecule is CCNC(=NCCN1CCOCC1)NCCc1cc(Cl)cc(Cl)c1. The lowest BCUT2D eigenvalue weighted by Gasteiger charge is -2.25. The standard InChI is InChI=1S/C17H26Cl2N4O/c1-2-20-17(22-5-6-23-7-9-24-10-8-23)21-4-3-14-11-15(18)13-16(19)12-14/h11-13H,2-10H2,1H3,(H2,20,21,22). The van der Waals surface area contributed by atoms with Gasteiger partial charge in [-0.15, -0.1) is 0 Å². The molecule has 1 aliphatic heterocycles. The zero-order chi connectivity index (χ0) is 17.2. The summed E-state index contributed by atoms with van der Waals surface area (Å²) in [5.41, 5.74) is 1.11. The van der Waals surface area contributed by atoms with E-state index in [2.05, 4.69) is 27.4 Å². The Kier molecular flexibility index (Phi) is 8.67. The summed E-state index contributed by atoms with van der Waals surface area (Å²) in [6, 6.07) is 5.63. The zero-order valence-corrected chi connectivity index (χ0v) is 15.7. The number of guanidine groups is 1. The summed E-state index contributed by atoms with van der Waals surface area (Å²) in [4.78, 5) is 7.01. The molecule has 0 spiro atoms. The maximum Gasteiger partial charge on any atom is 0.191 e. The summed E-state index contributed by atoms with van der Waals surface area (Å²) < 4.78 is 5.36. The average Bonchev–Trinajstić information content (AvgIpc) is 2.55. The van der Waals surface area contributed by atoms with Gasteiger partial charge in [-0.25, -0.2) is 0 Å². The number of benzene rings is 1. The van der Waals surface area contributed by atoms with Crippen LogP contribution in [0.15, 0.2) is 23.2 Å². The van der Waals surface area contributed by atoms with E-state index < -0.39 is 0 Å². The van der Waals surface area contributed by atoms with Crippen LogP contribution in [0, 0.1) is 0 Å². The minimum atomic E-state index is 0.670. The van der Waals surface area contributed by atoms with Crippen molar-refractivity contribution in [3.05, 3.63) is 33.8 Å². The Morgan fingerprint density at radius 1 is 1.17 bits per heavy atom. The summed E-state index contributed by atoms with van der Waals surface area (Å²) in [5.74, 6) is 0.846. The molecule has 0 saturated carbocycles. The van der Waals surface area contributed by atoms with Crippen LogP contribution in [0.4, 0.5) is 0 Å². The molecule has 2 N–H and O–H groups in total. The second-order valence-corrected chi connectivity index (χ2v) is 6.54. The van der Waals surface area contributed by atoms with Crippen molar-refractivity contribution in [3.63, 3.8) is 0 Å². The molecule has 1 aromatic carbocycles. The second-order valence-electron chi connectivity index (χ2n) is 5.67. The first kappa shape index (κ1) is 19.3. The van der Waals surface area contributed by atoms with Crippen LogP contribution in [-0.2, 0) is 11.2 Å². The van der Waals surface area contributed by atoms with Crippen LogP contribution >= 0.6 is 23.2 Å². The van der Waals surface area contributed by atoms with Crippen LogP contribution in [0.2, 0.25) is 10.0 Å². The van der Waals surface area contributed by atoms with Gasteiger partial charge in [0.25, 0.3) is 0 Å². The maximum absolute atomic E-state index is 6.03. The highest BCUT2D eigenvalue weighted by molar-refractivity contribution is 6.34. The molecule has 1 fully saturated rings. The lowest BCUT2D eigenvalue weighted by Crippen LogP contribution is -2.40. The molecular formula is C17H26Cl2N4O. The Balaban J connectivity index is 1.76. The Morgan fingerprint density at radius 2 is 1.88 bits per heavy atom. The molecule has 134 valence electrons. The largest absolute Gasteiger partial charge is 0.379 e. The van der Waals surface area contributed by atoms with Gasteiger partial charge >= 0.3 is 0 Å². The summed E-state index contributed by atoms with van der Waals surface area (Å²) in [5, 5.41) is 7.97. The molecule has 0 aromatic heterocycles. The van der Waals surface area contributed by atoms with Crippen molar-refractivity contribution in [1.82, 2.24) is 15.5 Å². The van der Waals surface area contributed by atoms with E-state index in [4.69, 9.17) is 27.9 Å². The van der Waals surface area contributed by atoms with E-state index in [0.717, 1.165) is 70.4 Å². The van der Waals surface area contributed by atoms with E-state index in [-0.39, 0.29) is 0 Å². The number of morpholine rings is 1. The highest BCUT2D eigenvalue weighted by Gasteiger charge is 2.09. The van der Waals surface area contributed by atoms with Gasteiger partial charge in [0, 0.05) is 42.8 Å². The van der Waals surface area contributed by atoms with Crippen LogP contribution in [0.1, 0.15) is 12.5 Å². The number of rotatable bonds is 7. The highest BCUT2D eigenvalue weighted by Crippen LogP contribution is 2.19. The van der Waals surface area contributed by atoms with Crippen molar-refractivity contribution >= 4 is 29.2 Å². The predicted molar refractivity (Wildman–Crippen MR) is 101 cm³/mol. The molecule has 0 atom stereocenters. The van der Waals surface area contributed by atoms with E-state index in [1.165, 1.54) is 0 Å². The topological polar surface area (TPSA) is 48.9 Å². The molecular weight excluding hydrogens is 347 g/mol. The number of halogens is 2. The third-order valence-electron chi connectivity index (χ3n) is 3.76. The van der Waals surface area contributed by atoms with Gasteiger partial charge in [0.15, 0.2) is 5.96 Å². The molecule has 0 amide bonds. The predicted octanol–water partition coefficient (Wildman–Crippen LogP) is 2.42. The van der Waals surface area contributed by atoms with E-state index >= 15 is 0 Å². The molecule has 0 unspecified atom stereocenters.